The SMILES string of the molecule is Brc1ccc(C2(c3ccccc3)C=Cc3c(ccc4cc(Br)ccc34)O2)cc1. The maximum Gasteiger partial charge on any atom is 0.178 e. The summed E-state index contributed by atoms with van der Waals surface area (Å²) in [7, 11) is 0. The van der Waals surface area contributed by atoms with Crippen LogP contribution in [0.2, 0.25) is 0 Å². The average Bonchev–Trinajstić information content (AvgIpc) is 2.74. The van der Waals surface area contributed by atoms with Crippen molar-refractivity contribution in [2.75, 3.05) is 0 Å². The van der Waals surface area contributed by atoms with Crippen LogP contribution in [0, 0.1) is 0 Å². The van der Waals surface area contributed by atoms with E-state index in [1.165, 1.54) is 10.8 Å². The van der Waals surface area contributed by atoms with E-state index in [9.17, 15) is 0 Å². The highest BCUT2D eigenvalue weighted by molar-refractivity contribution is 9.10. The zero-order chi connectivity index (χ0) is 19.1. The predicted octanol–water partition coefficient (Wildman–Crippen LogP) is 7.71. The minimum atomic E-state index is -0.655. The molecular weight excluding hydrogens is 476 g/mol. The molecule has 0 amide bonds. The normalized spacial score (nSPS) is 17.9. The summed E-state index contributed by atoms with van der Waals surface area (Å²) < 4.78 is 8.89. The number of halogens is 2. The third-order valence-electron chi connectivity index (χ3n) is 5.21. The van der Waals surface area contributed by atoms with E-state index in [1.54, 1.807) is 0 Å². The Morgan fingerprint density at radius 3 is 2.18 bits per heavy atom. The summed E-state index contributed by atoms with van der Waals surface area (Å²) in [5.41, 5.74) is 2.67. The second kappa shape index (κ2) is 6.91. The standard InChI is InChI=1S/C25H16Br2O/c26-20-9-7-19(8-10-20)25(18-4-2-1-3-5-18)15-14-23-22-12-11-21(27)16-17(22)6-13-24(23)28-25/h1-16H. The van der Waals surface area contributed by atoms with Crippen molar-refractivity contribution < 1.29 is 4.74 Å². The van der Waals surface area contributed by atoms with E-state index >= 15 is 0 Å². The Morgan fingerprint density at radius 2 is 1.39 bits per heavy atom. The van der Waals surface area contributed by atoms with Gasteiger partial charge in [-0.15, -0.1) is 0 Å². The van der Waals surface area contributed by atoms with Gasteiger partial charge in [-0.2, -0.15) is 0 Å². The lowest BCUT2D eigenvalue weighted by Gasteiger charge is -2.36. The molecule has 1 heterocycles. The summed E-state index contributed by atoms with van der Waals surface area (Å²) in [5, 5.41) is 2.38. The summed E-state index contributed by atoms with van der Waals surface area (Å²) in [5.74, 6) is 0.893. The highest BCUT2D eigenvalue weighted by Crippen LogP contribution is 2.44. The largest absolute Gasteiger partial charge is 0.473 e. The van der Waals surface area contributed by atoms with Crippen LogP contribution in [0.1, 0.15) is 16.7 Å². The molecule has 1 nitrogen and oxygen atoms in total. The first kappa shape index (κ1) is 17.7. The van der Waals surface area contributed by atoms with Crippen molar-refractivity contribution in [1.29, 1.82) is 0 Å². The lowest BCUT2D eigenvalue weighted by atomic mass is 9.83. The van der Waals surface area contributed by atoms with Crippen molar-refractivity contribution in [3.8, 4) is 5.75 Å². The minimum Gasteiger partial charge on any atom is -0.473 e. The van der Waals surface area contributed by atoms with Crippen LogP contribution in [0.5, 0.6) is 5.75 Å². The third kappa shape index (κ3) is 2.90. The van der Waals surface area contributed by atoms with E-state index in [4.69, 9.17) is 4.74 Å². The first-order valence-corrected chi connectivity index (χ1v) is 10.7. The third-order valence-corrected chi connectivity index (χ3v) is 6.24. The predicted molar refractivity (Wildman–Crippen MR) is 123 cm³/mol. The lowest BCUT2D eigenvalue weighted by molar-refractivity contribution is 0.161. The molecule has 1 aliphatic heterocycles. The summed E-state index contributed by atoms with van der Waals surface area (Å²) in [6.07, 6.45) is 4.37. The van der Waals surface area contributed by atoms with Crippen LogP contribution in [-0.2, 0) is 5.60 Å². The molecule has 4 aromatic carbocycles. The summed E-state index contributed by atoms with van der Waals surface area (Å²) in [6, 6.07) is 29.3. The fraction of sp³-hybridized carbons (Fsp3) is 0.0400. The van der Waals surface area contributed by atoms with E-state index in [-0.39, 0.29) is 0 Å². The Labute approximate surface area is 180 Å². The molecule has 0 aliphatic carbocycles. The van der Waals surface area contributed by atoms with E-state index < -0.39 is 5.60 Å². The molecule has 0 saturated carbocycles. The Balaban J connectivity index is 1.72. The van der Waals surface area contributed by atoms with Crippen molar-refractivity contribution in [2.45, 2.75) is 5.60 Å². The average molecular weight is 492 g/mol. The van der Waals surface area contributed by atoms with E-state index in [0.717, 1.165) is 31.4 Å². The van der Waals surface area contributed by atoms with Gasteiger partial charge in [-0.3, -0.25) is 0 Å². The Morgan fingerprint density at radius 1 is 0.679 bits per heavy atom. The molecule has 5 rings (SSSR count). The topological polar surface area (TPSA) is 9.23 Å². The van der Waals surface area contributed by atoms with Crippen molar-refractivity contribution in [2.24, 2.45) is 0 Å². The molecule has 0 spiro atoms. The number of fused-ring (bicyclic) bond motifs is 3. The molecule has 1 unspecified atom stereocenters. The second-order valence-electron chi connectivity index (χ2n) is 6.89. The maximum atomic E-state index is 6.76. The van der Waals surface area contributed by atoms with Crippen LogP contribution < -0.4 is 4.74 Å². The molecule has 0 bridgehead atoms. The fourth-order valence-corrected chi connectivity index (χ4v) is 4.48. The van der Waals surface area contributed by atoms with E-state index in [0.29, 0.717) is 0 Å². The van der Waals surface area contributed by atoms with Gasteiger partial charge in [-0.25, -0.2) is 0 Å². The lowest BCUT2D eigenvalue weighted by Crippen LogP contribution is -2.34. The van der Waals surface area contributed by atoms with Gasteiger partial charge in [0.15, 0.2) is 5.60 Å². The summed E-state index contributed by atoms with van der Waals surface area (Å²) in [6.45, 7) is 0. The highest BCUT2D eigenvalue weighted by atomic mass is 79.9. The number of hydrogen-bond acceptors (Lipinski definition) is 1. The van der Waals surface area contributed by atoms with Crippen molar-refractivity contribution in [3.05, 3.63) is 117 Å². The van der Waals surface area contributed by atoms with Gasteiger partial charge >= 0.3 is 0 Å². The van der Waals surface area contributed by atoms with Gasteiger partial charge in [-0.1, -0.05) is 86.5 Å². The van der Waals surface area contributed by atoms with Crippen LogP contribution in [0.15, 0.2) is 100.0 Å². The van der Waals surface area contributed by atoms with Gasteiger partial charge in [0.1, 0.15) is 5.75 Å². The summed E-state index contributed by atoms with van der Waals surface area (Å²) in [4.78, 5) is 0. The smallest absolute Gasteiger partial charge is 0.178 e. The molecule has 0 aromatic heterocycles. The Hall–Kier alpha value is -2.36. The summed E-state index contributed by atoms with van der Waals surface area (Å²) >= 11 is 7.10. The monoisotopic (exact) mass is 490 g/mol. The highest BCUT2D eigenvalue weighted by Gasteiger charge is 2.37. The molecule has 3 heteroatoms. The van der Waals surface area contributed by atoms with Crippen molar-refractivity contribution in [3.63, 3.8) is 0 Å². The maximum absolute atomic E-state index is 6.76. The van der Waals surface area contributed by atoms with Crippen molar-refractivity contribution >= 4 is 48.7 Å². The quantitative estimate of drug-likeness (QED) is 0.279. The molecule has 0 saturated heterocycles. The van der Waals surface area contributed by atoms with E-state index in [1.807, 2.05) is 6.07 Å². The Kier molecular flexibility index (Phi) is 4.37. The number of rotatable bonds is 2. The molecule has 4 aromatic rings. The number of ether oxygens (including phenoxy) is 1. The molecule has 1 aliphatic rings. The van der Waals surface area contributed by atoms with Crippen LogP contribution in [-0.4, -0.2) is 0 Å². The zero-order valence-corrected chi connectivity index (χ0v) is 18.1. The molecule has 0 radical (unpaired) electrons. The molecule has 0 fully saturated rings. The van der Waals surface area contributed by atoms with Crippen LogP contribution in [0.4, 0.5) is 0 Å². The zero-order valence-electron chi connectivity index (χ0n) is 14.9. The van der Waals surface area contributed by atoms with Gasteiger partial charge < -0.3 is 4.74 Å². The molecule has 136 valence electrons. The molecule has 0 N–H and O–H groups in total. The molecule has 28 heavy (non-hydrogen) atoms. The van der Waals surface area contributed by atoms with Crippen LogP contribution in [0.3, 0.4) is 0 Å². The van der Waals surface area contributed by atoms with Gasteiger partial charge in [0, 0.05) is 25.6 Å². The number of hydrogen-bond donors (Lipinski definition) is 0. The van der Waals surface area contributed by atoms with Crippen LogP contribution in [0.25, 0.3) is 16.8 Å². The first-order chi connectivity index (χ1) is 13.7. The second-order valence-corrected chi connectivity index (χ2v) is 8.72. The fourth-order valence-electron chi connectivity index (χ4n) is 3.83. The number of benzene rings is 4. The molecular formula is C25H16Br2O. The van der Waals surface area contributed by atoms with Gasteiger partial charge in [-0.05, 0) is 53.3 Å². The first-order valence-electron chi connectivity index (χ1n) is 9.08. The van der Waals surface area contributed by atoms with Gasteiger partial charge in [0.25, 0.3) is 0 Å². The van der Waals surface area contributed by atoms with Crippen molar-refractivity contribution in [1.82, 2.24) is 0 Å². The van der Waals surface area contributed by atoms with E-state index in [2.05, 4.69) is 123 Å². The Bertz CT molecular complexity index is 1200. The minimum absolute atomic E-state index is 0.655. The van der Waals surface area contributed by atoms with Crippen LogP contribution >= 0.6 is 31.9 Å². The van der Waals surface area contributed by atoms with Gasteiger partial charge in [0.05, 0.1) is 0 Å². The molecule has 1 atom stereocenters. The van der Waals surface area contributed by atoms with Gasteiger partial charge in [0.2, 0.25) is 0 Å².